The van der Waals surface area contributed by atoms with Crippen LogP contribution in [-0.2, 0) is 11.2 Å². The topological polar surface area (TPSA) is 49.6 Å². The molecule has 0 aliphatic carbocycles. The van der Waals surface area contributed by atoms with Crippen LogP contribution in [0, 0.1) is 0 Å². The van der Waals surface area contributed by atoms with Crippen LogP contribution in [0.4, 0.5) is 11.4 Å². The van der Waals surface area contributed by atoms with Crippen molar-refractivity contribution < 1.29 is 4.79 Å². The SMILES string of the molecule is CC1CCC(C)N1CC(=O)N1CCCc2c(N)cccc21. The fourth-order valence-corrected chi connectivity index (χ4v) is 3.71. The van der Waals surface area contributed by atoms with E-state index in [1.54, 1.807) is 0 Å². The number of nitrogens with two attached hydrogens (primary N) is 1. The number of carbonyl (C=O) groups excluding carboxylic acids is 1. The Balaban J connectivity index is 1.79. The maximum Gasteiger partial charge on any atom is 0.241 e. The van der Waals surface area contributed by atoms with Gasteiger partial charge in [0.05, 0.1) is 6.54 Å². The number of rotatable bonds is 2. The van der Waals surface area contributed by atoms with Gasteiger partial charge < -0.3 is 10.6 Å². The monoisotopic (exact) mass is 287 g/mol. The van der Waals surface area contributed by atoms with Gasteiger partial charge in [-0.05, 0) is 57.2 Å². The third kappa shape index (κ3) is 2.64. The first kappa shape index (κ1) is 14.4. The number of amides is 1. The van der Waals surface area contributed by atoms with Gasteiger partial charge in [-0.1, -0.05) is 6.07 Å². The van der Waals surface area contributed by atoms with Crippen LogP contribution in [0.1, 0.15) is 38.7 Å². The number of benzene rings is 1. The highest BCUT2D eigenvalue weighted by Crippen LogP contribution is 2.32. The minimum atomic E-state index is 0.210. The third-order valence-electron chi connectivity index (χ3n) is 5.04. The Morgan fingerprint density at radius 1 is 1.29 bits per heavy atom. The first-order chi connectivity index (χ1) is 10.1. The third-order valence-corrected chi connectivity index (χ3v) is 5.04. The number of carbonyl (C=O) groups is 1. The second kappa shape index (κ2) is 5.68. The number of fused-ring (bicyclic) bond motifs is 1. The minimum Gasteiger partial charge on any atom is -0.398 e. The predicted octanol–water partition coefficient (Wildman–Crippen LogP) is 2.42. The average Bonchev–Trinajstić information content (AvgIpc) is 2.79. The normalized spacial score (nSPS) is 25.9. The van der Waals surface area contributed by atoms with E-state index < -0.39 is 0 Å². The van der Waals surface area contributed by atoms with Crippen molar-refractivity contribution in [2.24, 2.45) is 0 Å². The maximum atomic E-state index is 12.8. The molecule has 2 aliphatic rings. The zero-order chi connectivity index (χ0) is 15.0. The van der Waals surface area contributed by atoms with E-state index in [1.165, 1.54) is 12.8 Å². The Labute approximate surface area is 126 Å². The van der Waals surface area contributed by atoms with Crippen molar-refractivity contribution in [1.29, 1.82) is 0 Å². The van der Waals surface area contributed by atoms with Crippen molar-refractivity contribution in [3.05, 3.63) is 23.8 Å². The summed E-state index contributed by atoms with van der Waals surface area (Å²) >= 11 is 0. The molecule has 2 unspecified atom stereocenters. The highest BCUT2D eigenvalue weighted by atomic mass is 16.2. The van der Waals surface area contributed by atoms with E-state index in [0.717, 1.165) is 36.3 Å². The van der Waals surface area contributed by atoms with E-state index in [4.69, 9.17) is 5.73 Å². The highest BCUT2D eigenvalue weighted by Gasteiger charge is 2.31. The summed E-state index contributed by atoms with van der Waals surface area (Å²) in [5.74, 6) is 0.210. The molecule has 21 heavy (non-hydrogen) atoms. The molecule has 0 saturated carbocycles. The van der Waals surface area contributed by atoms with Crippen molar-refractivity contribution in [2.45, 2.75) is 51.6 Å². The van der Waals surface area contributed by atoms with Gasteiger partial charge >= 0.3 is 0 Å². The molecule has 0 bridgehead atoms. The summed E-state index contributed by atoms with van der Waals surface area (Å²) in [7, 11) is 0. The van der Waals surface area contributed by atoms with Gasteiger partial charge in [-0.25, -0.2) is 0 Å². The summed E-state index contributed by atoms with van der Waals surface area (Å²) in [6, 6.07) is 6.92. The van der Waals surface area contributed by atoms with Crippen LogP contribution in [0.25, 0.3) is 0 Å². The Kier molecular flexibility index (Phi) is 3.89. The molecule has 2 aliphatic heterocycles. The van der Waals surface area contributed by atoms with Crippen LogP contribution in [0.5, 0.6) is 0 Å². The van der Waals surface area contributed by atoms with Crippen molar-refractivity contribution in [1.82, 2.24) is 4.90 Å². The molecule has 1 saturated heterocycles. The number of hydrogen-bond donors (Lipinski definition) is 1. The van der Waals surface area contributed by atoms with Gasteiger partial charge in [0.15, 0.2) is 0 Å². The summed E-state index contributed by atoms with van der Waals surface area (Å²) in [5, 5.41) is 0. The molecular formula is C17H25N3O. The van der Waals surface area contributed by atoms with Crippen LogP contribution in [0.3, 0.4) is 0 Å². The lowest BCUT2D eigenvalue weighted by Crippen LogP contribution is -2.45. The van der Waals surface area contributed by atoms with Crippen LogP contribution in [0.15, 0.2) is 18.2 Å². The van der Waals surface area contributed by atoms with Crippen molar-refractivity contribution in [3.63, 3.8) is 0 Å². The number of nitrogen functional groups attached to an aromatic ring is 1. The highest BCUT2D eigenvalue weighted by molar-refractivity contribution is 5.96. The second-order valence-electron chi connectivity index (χ2n) is 6.44. The largest absolute Gasteiger partial charge is 0.398 e. The fourth-order valence-electron chi connectivity index (χ4n) is 3.71. The Morgan fingerprint density at radius 2 is 2.00 bits per heavy atom. The van der Waals surface area contributed by atoms with Crippen molar-refractivity contribution in [2.75, 3.05) is 23.7 Å². The Morgan fingerprint density at radius 3 is 2.71 bits per heavy atom. The molecule has 0 spiro atoms. The van der Waals surface area contributed by atoms with E-state index in [9.17, 15) is 4.79 Å². The summed E-state index contributed by atoms with van der Waals surface area (Å²) < 4.78 is 0. The zero-order valence-electron chi connectivity index (χ0n) is 13.0. The fraction of sp³-hybridized carbons (Fsp3) is 0.588. The van der Waals surface area contributed by atoms with Gasteiger partial charge in [-0.2, -0.15) is 0 Å². The molecule has 114 valence electrons. The lowest BCUT2D eigenvalue weighted by molar-refractivity contribution is -0.120. The zero-order valence-corrected chi connectivity index (χ0v) is 13.0. The molecule has 1 aromatic rings. The van der Waals surface area contributed by atoms with Gasteiger partial charge in [0.1, 0.15) is 0 Å². The molecule has 3 rings (SSSR count). The molecule has 1 aromatic carbocycles. The quantitative estimate of drug-likeness (QED) is 0.850. The number of anilines is 2. The maximum absolute atomic E-state index is 12.8. The molecule has 0 aromatic heterocycles. The number of hydrogen-bond acceptors (Lipinski definition) is 3. The first-order valence-corrected chi connectivity index (χ1v) is 8.01. The Bertz CT molecular complexity index is 533. The standard InChI is InChI=1S/C17H25N3O/c1-12-8-9-13(2)20(12)11-17(21)19-10-4-5-14-15(18)6-3-7-16(14)19/h3,6-7,12-13H,4-5,8-11,18H2,1-2H3. The van der Waals surface area contributed by atoms with Gasteiger partial charge in [0.2, 0.25) is 5.91 Å². The summed E-state index contributed by atoms with van der Waals surface area (Å²) in [5.41, 5.74) is 9.03. The van der Waals surface area contributed by atoms with Gasteiger partial charge in [-0.3, -0.25) is 9.69 Å². The van der Waals surface area contributed by atoms with E-state index >= 15 is 0 Å². The second-order valence-corrected chi connectivity index (χ2v) is 6.44. The van der Waals surface area contributed by atoms with E-state index in [-0.39, 0.29) is 5.91 Å². The van der Waals surface area contributed by atoms with Gasteiger partial charge in [0.25, 0.3) is 0 Å². The predicted molar refractivity (Wildman–Crippen MR) is 86.4 cm³/mol. The summed E-state index contributed by atoms with van der Waals surface area (Å²) in [6.45, 7) is 5.78. The smallest absolute Gasteiger partial charge is 0.241 e. The van der Waals surface area contributed by atoms with Crippen LogP contribution in [0.2, 0.25) is 0 Å². The first-order valence-electron chi connectivity index (χ1n) is 8.01. The number of nitrogens with zero attached hydrogens (tertiary/aromatic N) is 2. The van der Waals surface area contributed by atoms with Gasteiger partial charge in [-0.15, -0.1) is 0 Å². The van der Waals surface area contributed by atoms with E-state index in [0.29, 0.717) is 18.6 Å². The van der Waals surface area contributed by atoms with E-state index in [2.05, 4.69) is 18.7 Å². The molecule has 4 heteroatoms. The Hall–Kier alpha value is -1.55. The summed E-state index contributed by atoms with van der Waals surface area (Å²) in [6.07, 6.45) is 4.36. The van der Waals surface area contributed by atoms with Crippen LogP contribution < -0.4 is 10.6 Å². The van der Waals surface area contributed by atoms with Gasteiger partial charge in [0, 0.05) is 30.0 Å². The molecule has 4 nitrogen and oxygen atoms in total. The number of likely N-dealkylation sites (tertiary alicyclic amines) is 1. The molecular weight excluding hydrogens is 262 g/mol. The molecule has 2 N–H and O–H groups in total. The van der Waals surface area contributed by atoms with Crippen LogP contribution >= 0.6 is 0 Å². The summed E-state index contributed by atoms with van der Waals surface area (Å²) in [4.78, 5) is 17.0. The lowest BCUT2D eigenvalue weighted by Gasteiger charge is -2.33. The van der Waals surface area contributed by atoms with Crippen LogP contribution in [-0.4, -0.2) is 36.0 Å². The van der Waals surface area contributed by atoms with E-state index in [1.807, 2.05) is 23.1 Å². The molecule has 0 radical (unpaired) electrons. The average molecular weight is 287 g/mol. The van der Waals surface area contributed by atoms with Crippen molar-refractivity contribution in [3.8, 4) is 0 Å². The minimum absolute atomic E-state index is 0.210. The lowest BCUT2D eigenvalue weighted by atomic mass is 10.00. The molecule has 2 heterocycles. The molecule has 2 atom stereocenters. The molecule has 1 amide bonds. The van der Waals surface area contributed by atoms with Crippen molar-refractivity contribution >= 4 is 17.3 Å². The molecule has 1 fully saturated rings.